The first-order valence-electron chi connectivity index (χ1n) is 5.82. The maximum Gasteiger partial charge on any atom is 0.271 e. The molecule has 0 bridgehead atoms. The Morgan fingerprint density at radius 1 is 1.52 bits per heavy atom. The van der Waals surface area contributed by atoms with E-state index < -0.39 is 10.8 Å². The summed E-state index contributed by atoms with van der Waals surface area (Å²) in [5.74, 6) is 0.0240. The van der Waals surface area contributed by atoms with Gasteiger partial charge in [0.2, 0.25) is 0 Å². The van der Waals surface area contributed by atoms with Gasteiger partial charge in [0.25, 0.3) is 11.6 Å². The van der Waals surface area contributed by atoms with E-state index in [1.807, 2.05) is 0 Å². The maximum absolute atomic E-state index is 12.0. The number of anilines is 1. The van der Waals surface area contributed by atoms with E-state index in [9.17, 15) is 14.9 Å². The number of hydrogen-bond donors (Lipinski definition) is 2. The first-order valence-corrected chi connectivity index (χ1v) is 6.20. The molecule has 0 fully saturated rings. The summed E-state index contributed by atoms with van der Waals surface area (Å²) in [5, 5.41) is 17.0. The van der Waals surface area contributed by atoms with Gasteiger partial charge < -0.3 is 15.6 Å². The fraction of sp³-hybridized carbons (Fsp3) is 0.167. The molecule has 0 radical (unpaired) electrons. The van der Waals surface area contributed by atoms with Crippen molar-refractivity contribution in [3.8, 4) is 0 Å². The Kier molecular flexibility index (Phi) is 4.08. The van der Waals surface area contributed by atoms with E-state index in [0.29, 0.717) is 11.5 Å². The Morgan fingerprint density at radius 3 is 2.81 bits per heavy atom. The van der Waals surface area contributed by atoms with Crippen molar-refractivity contribution in [1.82, 2.24) is 10.5 Å². The number of nitrogen functional groups attached to an aromatic ring is 1. The molecule has 21 heavy (non-hydrogen) atoms. The van der Waals surface area contributed by atoms with Crippen LogP contribution in [0.1, 0.15) is 21.8 Å². The summed E-state index contributed by atoms with van der Waals surface area (Å²) in [4.78, 5) is 22.2. The average molecular weight is 311 g/mol. The number of nitro groups is 1. The SMILES string of the molecule is Cc1cc(CNC(=O)c2cc([N+](=O)[O-])cc(Cl)c2N)no1. The van der Waals surface area contributed by atoms with Crippen molar-refractivity contribution in [3.05, 3.63) is 50.4 Å². The van der Waals surface area contributed by atoms with Crippen molar-refractivity contribution in [3.63, 3.8) is 0 Å². The standard InChI is InChI=1S/C12H11ClN4O4/c1-6-2-7(16-21-6)5-15-12(18)9-3-8(17(19)20)4-10(13)11(9)14/h2-4H,5,14H2,1H3,(H,15,18). The number of nitro benzene ring substituents is 1. The third kappa shape index (κ3) is 3.29. The molecule has 0 aliphatic carbocycles. The second-order valence-corrected chi connectivity index (χ2v) is 4.66. The third-order valence-corrected chi connectivity index (χ3v) is 2.99. The van der Waals surface area contributed by atoms with Gasteiger partial charge in [-0.15, -0.1) is 0 Å². The number of aryl methyl sites for hydroxylation is 1. The van der Waals surface area contributed by atoms with Crippen LogP contribution in [0, 0.1) is 17.0 Å². The minimum absolute atomic E-state index is 0.0175. The average Bonchev–Trinajstić information content (AvgIpc) is 2.84. The predicted octanol–water partition coefficient (Wildman–Crippen LogP) is 2.06. The van der Waals surface area contributed by atoms with E-state index in [2.05, 4.69) is 10.5 Å². The van der Waals surface area contributed by atoms with Crippen LogP contribution in [0.25, 0.3) is 0 Å². The van der Waals surface area contributed by atoms with Crippen molar-refractivity contribution < 1.29 is 14.2 Å². The number of nitrogens with zero attached hydrogens (tertiary/aromatic N) is 2. The molecule has 1 heterocycles. The highest BCUT2D eigenvalue weighted by Crippen LogP contribution is 2.28. The molecule has 0 aliphatic rings. The van der Waals surface area contributed by atoms with E-state index in [0.717, 1.165) is 12.1 Å². The Hall–Kier alpha value is -2.61. The highest BCUT2D eigenvalue weighted by Gasteiger charge is 2.19. The maximum atomic E-state index is 12.0. The van der Waals surface area contributed by atoms with Crippen LogP contribution in [-0.2, 0) is 6.54 Å². The largest absolute Gasteiger partial charge is 0.397 e. The third-order valence-electron chi connectivity index (χ3n) is 2.68. The number of carbonyl (C=O) groups is 1. The van der Waals surface area contributed by atoms with Gasteiger partial charge in [-0.25, -0.2) is 0 Å². The predicted molar refractivity (Wildman–Crippen MR) is 74.9 cm³/mol. The summed E-state index contributed by atoms with van der Waals surface area (Å²) >= 11 is 5.79. The highest BCUT2D eigenvalue weighted by atomic mass is 35.5. The molecule has 0 saturated heterocycles. The number of nitrogens with one attached hydrogen (secondary N) is 1. The van der Waals surface area contributed by atoms with Gasteiger partial charge in [-0.3, -0.25) is 14.9 Å². The van der Waals surface area contributed by atoms with Gasteiger partial charge in [0.1, 0.15) is 11.5 Å². The lowest BCUT2D eigenvalue weighted by atomic mass is 10.1. The van der Waals surface area contributed by atoms with Gasteiger partial charge in [0.05, 0.1) is 27.7 Å². The number of amides is 1. The Labute approximate surface area is 124 Å². The monoisotopic (exact) mass is 310 g/mol. The Morgan fingerprint density at radius 2 is 2.24 bits per heavy atom. The van der Waals surface area contributed by atoms with E-state index in [1.165, 1.54) is 0 Å². The molecular weight excluding hydrogens is 300 g/mol. The molecule has 1 amide bonds. The smallest absolute Gasteiger partial charge is 0.271 e. The van der Waals surface area contributed by atoms with Crippen LogP contribution < -0.4 is 11.1 Å². The van der Waals surface area contributed by atoms with Gasteiger partial charge in [0.15, 0.2) is 0 Å². The highest BCUT2D eigenvalue weighted by molar-refractivity contribution is 6.34. The number of halogens is 1. The minimum Gasteiger partial charge on any atom is -0.397 e. The molecular formula is C12H11ClN4O4. The van der Waals surface area contributed by atoms with Crippen LogP contribution in [0.5, 0.6) is 0 Å². The molecule has 0 aliphatic heterocycles. The molecule has 0 saturated carbocycles. The lowest BCUT2D eigenvalue weighted by Crippen LogP contribution is -2.24. The van der Waals surface area contributed by atoms with Crippen molar-refractivity contribution in [2.75, 3.05) is 5.73 Å². The Bertz CT molecular complexity index is 713. The summed E-state index contributed by atoms with van der Waals surface area (Å²) in [6.07, 6.45) is 0. The fourth-order valence-electron chi connectivity index (χ4n) is 1.66. The summed E-state index contributed by atoms with van der Waals surface area (Å²) in [5.41, 5.74) is 5.81. The van der Waals surface area contributed by atoms with E-state index in [-0.39, 0.29) is 28.5 Å². The van der Waals surface area contributed by atoms with Crippen LogP contribution in [0.4, 0.5) is 11.4 Å². The number of hydrogen-bond acceptors (Lipinski definition) is 6. The van der Waals surface area contributed by atoms with Gasteiger partial charge in [-0.05, 0) is 6.92 Å². The van der Waals surface area contributed by atoms with Gasteiger partial charge >= 0.3 is 0 Å². The second-order valence-electron chi connectivity index (χ2n) is 4.26. The first-order chi connectivity index (χ1) is 9.88. The van der Waals surface area contributed by atoms with E-state index in [1.54, 1.807) is 13.0 Å². The zero-order valence-electron chi connectivity index (χ0n) is 10.9. The van der Waals surface area contributed by atoms with Crippen LogP contribution >= 0.6 is 11.6 Å². The van der Waals surface area contributed by atoms with Gasteiger partial charge in [-0.2, -0.15) is 0 Å². The molecule has 0 unspecified atom stereocenters. The minimum atomic E-state index is -0.650. The summed E-state index contributed by atoms with van der Waals surface area (Å²) in [6, 6.07) is 3.82. The van der Waals surface area contributed by atoms with Gasteiger partial charge in [0, 0.05) is 18.2 Å². The summed E-state index contributed by atoms with van der Waals surface area (Å²) < 4.78 is 4.86. The number of rotatable bonds is 4. The zero-order valence-corrected chi connectivity index (χ0v) is 11.7. The fourth-order valence-corrected chi connectivity index (χ4v) is 1.88. The van der Waals surface area contributed by atoms with Crippen LogP contribution in [0.15, 0.2) is 22.7 Å². The summed E-state index contributed by atoms with van der Waals surface area (Å²) in [6.45, 7) is 1.83. The normalized spacial score (nSPS) is 10.4. The van der Waals surface area contributed by atoms with Crippen LogP contribution in [0.3, 0.4) is 0 Å². The quantitative estimate of drug-likeness (QED) is 0.506. The number of non-ortho nitro benzene ring substituents is 1. The first kappa shape index (κ1) is 14.8. The van der Waals surface area contributed by atoms with Crippen molar-refractivity contribution in [2.45, 2.75) is 13.5 Å². The lowest BCUT2D eigenvalue weighted by molar-refractivity contribution is -0.384. The molecule has 3 N–H and O–H groups in total. The molecule has 110 valence electrons. The van der Waals surface area contributed by atoms with E-state index in [4.69, 9.17) is 21.9 Å². The number of nitrogens with two attached hydrogens (primary N) is 1. The second kappa shape index (κ2) is 5.80. The zero-order chi connectivity index (χ0) is 15.6. The molecule has 0 atom stereocenters. The molecule has 1 aromatic heterocycles. The lowest BCUT2D eigenvalue weighted by Gasteiger charge is -2.07. The van der Waals surface area contributed by atoms with E-state index >= 15 is 0 Å². The van der Waals surface area contributed by atoms with Crippen LogP contribution in [0.2, 0.25) is 5.02 Å². The summed E-state index contributed by atoms with van der Waals surface area (Å²) in [7, 11) is 0. The number of benzene rings is 1. The van der Waals surface area contributed by atoms with Gasteiger partial charge in [-0.1, -0.05) is 16.8 Å². The molecule has 2 rings (SSSR count). The molecule has 2 aromatic rings. The number of aromatic nitrogens is 1. The topological polar surface area (TPSA) is 124 Å². The molecule has 1 aromatic carbocycles. The molecule has 8 nitrogen and oxygen atoms in total. The Balaban J connectivity index is 2.20. The van der Waals surface area contributed by atoms with Crippen molar-refractivity contribution >= 4 is 28.9 Å². The van der Waals surface area contributed by atoms with Crippen molar-refractivity contribution in [1.29, 1.82) is 0 Å². The van der Waals surface area contributed by atoms with Crippen molar-refractivity contribution in [2.24, 2.45) is 0 Å². The number of carbonyl (C=O) groups excluding carboxylic acids is 1. The van der Waals surface area contributed by atoms with Crippen LogP contribution in [-0.4, -0.2) is 16.0 Å². The molecule has 0 spiro atoms. The molecule has 9 heteroatoms.